The van der Waals surface area contributed by atoms with Gasteiger partial charge in [-0.3, -0.25) is 4.90 Å². The first-order valence-corrected chi connectivity index (χ1v) is 8.26. The highest BCUT2D eigenvalue weighted by Crippen LogP contribution is 2.32. The van der Waals surface area contributed by atoms with Gasteiger partial charge >= 0.3 is 0 Å². The monoisotopic (exact) mass is 264 g/mol. The molecular formula is C15H24N2S. The highest BCUT2D eigenvalue weighted by atomic mass is 32.1. The third kappa shape index (κ3) is 2.49. The van der Waals surface area contributed by atoms with Crippen LogP contribution in [0.2, 0.25) is 0 Å². The molecule has 1 aromatic rings. The van der Waals surface area contributed by atoms with Crippen molar-refractivity contribution in [2.75, 3.05) is 13.1 Å². The van der Waals surface area contributed by atoms with E-state index in [0.29, 0.717) is 0 Å². The van der Waals surface area contributed by atoms with Gasteiger partial charge < -0.3 is 5.73 Å². The fraction of sp³-hybridized carbons (Fsp3) is 0.733. The van der Waals surface area contributed by atoms with E-state index in [1.165, 1.54) is 51.6 Å². The quantitative estimate of drug-likeness (QED) is 0.832. The summed E-state index contributed by atoms with van der Waals surface area (Å²) in [6.07, 6.45) is 8.14. The number of nitrogens with zero attached hydrogens (tertiary/aromatic N) is 1. The standard InChI is InChI=1S/C15H24N2S/c16-10-12-4-2-1-3-5-14(12)17-8-6-15-13(11-17)7-9-18-15/h7,9,12,14H,1-6,8,10-11,16H2. The third-order valence-electron chi connectivity index (χ3n) is 4.73. The maximum absolute atomic E-state index is 6.02. The van der Waals surface area contributed by atoms with Crippen LogP contribution in [0.15, 0.2) is 11.4 Å². The summed E-state index contributed by atoms with van der Waals surface area (Å²) in [5.74, 6) is 0.729. The molecule has 0 bridgehead atoms. The van der Waals surface area contributed by atoms with Crippen molar-refractivity contribution in [1.82, 2.24) is 4.90 Å². The van der Waals surface area contributed by atoms with Gasteiger partial charge in [-0.05, 0) is 48.7 Å². The molecule has 1 aliphatic carbocycles. The molecule has 1 fully saturated rings. The highest BCUT2D eigenvalue weighted by molar-refractivity contribution is 7.10. The zero-order chi connectivity index (χ0) is 12.4. The smallest absolute Gasteiger partial charge is 0.0247 e. The SMILES string of the molecule is NCC1CCCCCC1N1CCc2sccc2C1. The van der Waals surface area contributed by atoms with E-state index in [1.807, 2.05) is 11.3 Å². The maximum Gasteiger partial charge on any atom is 0.0247 e. The lowest BCUT2D eigenvalue weighted by Gasteiger charge is -2.38. The Morgan fingerprint density at radius 3 is 3.06 bits per heavy atom. The van der Waals surface area contributed by atoms with E-state index >= 15 is 0 Å². The van der Waals surface area contributed by atoms with Crippen molar-refractivity contribution in [3.05, 3.63) is 21.9 Å². The van der Waals surface area contributed by atoms with Crippen molar-refractivity contribution in [3.8, 4) is 0 Å². The average Bonchev–Trinajstić information content (AvgIpc) is 2.74. The first-order chi connectivity index (χ1) is 8.88. The Labute approximate surface area is 114 Å². The summed E-state index contributed by atoms with van der Waals surface area (Å²) < 4.78 is 0. The molecule has 0 amide bonds. The van der Waals surface area contributed by atoms with Gasteiger partial charge in [0.15, 0.2) is 0 Å². The lowest BCUT2D eigenvalue weighted by atomic mass is 9.92. The van der Waals surface area contributed by atoms with Crippen molar-refractivity contribution >= 4 is 11.3 Å². The second-order valence-electron chi connectivity index (χ2n) is 5.79. The summed E-state index contributed by atoms with van der Waals surface area (Å²) >= 11 is 1.93. The van der Waals surface area contributed by atoms with E-state index < -0.39 is 0 Å². The average molecular weight is 264 g/mol. The van der Waals surface area contributed by atoms with Crippen LogP contribution in [-0.2, 0) is 13.0 Å². The van der Waals surface area contributed by atoms with Crippen LogP contribution < -0.4 is 5.73 Å². The van der Waals surface area contributed by atoms with Gasteiger partial charge in [-0.1, -0.05) is 19.3 Å². The van der Waals surface area contributed by atoms with Crippen LogP contribution >= 0.6 is 11.3 Å². The number of hydrogen-bond acceptors (Lipinski definition) is 3. The zero-order valence-corrected chi connectivity index (χ0v) is 11.9. The van der Waals surface area contributed by atoms with Crippen molar-refractivity contribution in [2.24, 2.45) is 11.7 Å². The number of nitrogens with two attached hydrogens (primary N) is 1. The number of fused-ring (bicyclic) bond motifs is 1. The van der Waals surface area contributed by atoms with Gasteiger partial charge in [0.25, 0.3) is 0 Å². The van der Waals surface area contributed by atoms with Gasteiger partial charge in [0.2, 0.25) is 0 Å². The molecule has 18 heavy (non-hydrogen) atoms. The van der Waals surface area contributed by atoms with E-state index in [9.17, 15) is 0 Å². The van der Waals surface area contributed by atoms with Crippen molar-refractivity contribution in [3.63, 3.8) is 0 Å². The van der Waals surface area contributed by atoms with Gasteiger partial charge in [-0.15, -0.1) is 11.3 Å². The van der Waals surface area contributed by atoms with Crippen LogP contribution in [0.1, 0.15) is 42.5 Å². The molecule has 0 saturated heterocycles. The largest absolute Gasteiger partial charge is 0.330 e. The van der Waals surface area contributed by atoms with E-state index in [4.69, 9.17) is 5.73 Å². The van der Waals surface area contributed by atoms with Crippen molar-refractivity contribution in [1.29, 1.82) is 0 Å². The Morgan fingerprint density at radius 2 is 2.17 bits per heavy atom. The minimum absolute atomic E-state index is 0.729. The summed E-state index contributed by atoms with van der Waals surface area (Å²) in [5.41, 5.74) is 7.60. The van der Waals surface area contributed by atoms with Crippen molar-refractivity contribution < 1.29 is 0 Å². The summed E-state index contributed by atoms with van der Waals surface area (Å²) in [4.78, 5) is 4.34. The molecule has 3 rings (SSSR count). The number of thiophene rings is 1. The van der Waals surface area contributed by atoms with E-state index in [2.05, 4.69) is 16.3 Å². The molecule has 2 N–H and O–H groups in total. The molecule has 0 spiro atoms. The lowest BCUT2D eigenvalue weighted by Crippen LogP contribution is -2.44. The van der Waals surface area contributed by atoms with Gasteiger partial charge in [-0.25, -0.2) is 0 Å². The first-order valence-electron chi connectivity index (χ1n) is 7.38. The van der Waals surface area contributed by atoms with E-state index in [0.717, 1.165) is 18.5 Å². The minimum Gasteiger partial charge on any atom is -0.330 e. The minimum atomic E-state index is 0.729. The fourth-order valence-corrected chi connectivity index (χ4v) is 4.56. The van der Waals surface area contributed by atoms with Gasteiger partial charge in [-0.2, -0.15) is 0 Å². The van der Waals surface area contributed by atoms with Crippen LogP contribution in [0.4, 0.5) is 0 Å². The molecule has 2 unspecified atom stereocenters. The van der Waals surface area contributed by atoms with Gasteiger partial charge in [0, 0.05) is 24.0 Å². The summed E-state index contributed by atoms with van der Waals surface area (Å²) in [6, 6.07) is 3.06. The Morgan fingerprint density at radius 1 is 1.28 bits per heavy atom. The Hall–Kier alpha value is -0.380. The number of rotatable bonds is 2. The molecule has 2 nitrogen and oxygen atoms in total. The molecule has 2 aliphatic rings. The molecule has 1 aromatic heterocycles. The molecule has 2 atom stereocenters. The molecule has 3 heteroatoms. The predicted molar refractivity (Wildman–Crippen MR) is 77.9 cm³/mol. The number of hydrogen-bond donors (Lipinski definition) is 1. The molecule has 0 aromatic carbocycles. The van der Waals surface area contributed by atoms with Gasteiger partial charge in [0.1, 0.15) is 0 Å². The highest BCUT2D eigenvalue weighted by Gasteiger charge is 2.30. The molecule has 2 heterocycles. The van der Waals surface area contributed by atoms with Crippen LogP contribution in [0.5, 0.6) is 0 Å². The summed E-state index contributed by atoms with van der Waals surface area (Å²) in [6.45, 7) is 3.28. The Kier molecular flexibility index (Phi) is 4.02. The topological polar surface area (TPSA) is 29.3 Å². The molecule has 0 radical (unpaired) electrons. The summed E-state index contributed by atoms with van der Waals surface area (Å²) in [5, 5.41) is 2.25. The second-order valence-corrected chi connectivity index (χ2v) is 6.79. The molecule has 100 valence electrons. The summed E-state index contributed by atoms with van der Waals surface area (Å²) in [7, 11) is 0. The molecule has 1 aliphatic heterocycles. The van der Waals surface area contributed by atoms with Crippen LogP contribution in [0.25, 0.3) is 0 Å². The Balaban J connectivity index is 1.73. The fourth-order valence-electron chi connectivity index (χ4n) is 3.67. The van der Waals surface area contributed by atoms with E-state index in [1.54, 1.807) is 10.4 Å². The van der Waals surface area contributed by atoms with E-state index in [-0.39, 0.29) is 0 Å². The molecular weight excluding hydrogens is 240 g/mol. The normalized spacial score (nSPS) is 29.8. The van der Waals surface area contributed by atoms with Crippen LogP contribution in [0.3, 0.4) is 0 Å². The zero-order valence-electron chi connectivity index (χ0n) is 11.1. The lowest BCUT2D eigenvalue weighted by molar-refractivity contribution is 0.122. The van der Waals surface area contributed by atoms with Crippen LogP contribution in [-0.4, -0.2) is 24.0 Å². The maximum atomic E-state index is 6.02. The van der Waals surface area contributed by atoms with Gasteiger partial charge in [0.05, 0.1) is 0 Å². The second kappa shape index (κ2) is 5.72. The van der Waals surface area contributed by atoms with Crippen molar-refractivity contribution in [2.45, 2.75) is 51.1 Å². The molecule has 1 saturated carbocycles. The Bertz CT molecular complexity index is 388. The third-order valence-corrected chi connectivity index (χ3v) is 5.75. The van der Waals surface area contributed by atoms with Crippen LogP contribution in [0, 0.1) is 5.92 Å². The first kappa shape index (κ1) is 12.6. The predicted octanol–water partition coefficient (Wildman–Crippen LogP) is 3.01.